The van der Waals surface area contributed by atoms with Crippen LogP contribution in [0, 0.1) is 0 Å². The van der Waals surface area contributed by atoms with Gasteiger partial charge in [-0.2, -0.15) is 5.10 Å². The molecule has 6 nitrogen and oxygen atoms in total. The Hall–Kier alpha value is -2.89. The van der Waals surface area contributed by atoms with Crippen LogP contribution >= 0.6 is 0 Å². The average molecular weight is 283 g/mol. The Balaban J connectivity index is 1.77. The third-order valence-electron chi connectivity index (χ3n) is 3.14. The Morgan fingerprint density at radius 2 is 2.00 bits per heavy atom. The van der Waals surface area contributed by atoms with Gasteiger partial charge in [0, 0.05) is 5.39 Å². The third-order valence-corrected chi connectivity index (χ3v) is 3.14. The van der Waals surface area contributed by atoms with Crippen LogP contribution in [-0.4, -0.2) is 16.1 Å². The molecule has 21 heavy (non-hydrogen) atoms. The lowest BCUT2D eigenvalue weighted by atomic mass is 10.1. The first kappa shape index (κ1) is 13.1. The number of hydrogen-bond donors (Lipinski definition) is 2. The van der Waals surface area contributed by atoms with E-state index >= 15 is 0 Å². The Bertz CT molecular complexity index is 822. The third kappa shape index (κ3) is 2.84. The molecule has 0 saturated carbocycles. The number of amides is 1. The van der Waals surface area contributed by atoms with Crippen LogP contribution in [-0.2, 0) is 17.8 Å². The van der Waals surface area contributed by atoms with Gasteiger partial charge in [0.2, 0.25) is 5.91 Å². The second-order valence-corrected chi connectivity index (χ2v) is 4.58. The van der Waals surface area contributed by atoms with Crippen LogP contribution in [0.3, 0.4) is 0 Å². The molecule has 0 fully saturated rings. The molecule has 106 valence electrons. The molecule has 3 aromatic rings. The van der Waals surface area contributed by atoms with Gasteiger partial charge in [0.15, 0.2) is 0 Å². The van der Waals surface area contributed by atoms with Crippen molar-refractivity contribution in [3.05, 3.63) is 64.5 Å². The number of carbonyl (C=O) groups excluding carboxylic acids is 1. The number of fused-ring (bicyclic) bond motifs is 1. The molecule has 1 aromatic carbocycles. The summed E-state index contributed by atoms with van der Waals surface area (Å²) in [6.07, 6.45) is 1.65. The Morgan fingerprint density at radius 1 is 1.19 bits per heavy atom. The number of nitrogens with zero attached hydrogens (tertiary/aromatic N) is 1. The molecular formula is C15H13N3O3. The number of rotatable bonds is 4. The summed E-state index contributed by atoms with van der Waals surface area (Å²) >= 11 is 0. The molecule has 0 radical (unpaired) electrons. The van der Waals surface area contributed by atoms with Gasteiger partial charge in [-0.15, -0.1) is 0 Å². The van der Waals surface area contributed by atoms with Gasteiger partial charge in [0.1, 0.15) is 5.76 Å². The fourth-order valence-electron chi connectivity index (χ4n) is 2.12. The van der Waals surface area contributed by atoms with E-state index < -0.39 is 0 Å². The molecule has 0 aliphatic rings. The van der Waals surface area contributed by atoms with Crippen LogP contribution in [0.4, 0.5) is 0 Å². The molecule has 6 heteroatoms. The summed E-state index contributed by atoms with van der Waals surface area (Å²) in [4.78, 5) is 23.6. The van der Waals surface area contributed by atoms with Crippen molar-refractivity contribution >= 4 is 16.7 Å². The van der Waals surface area contributed by atoms with Crippen molar-refractivity contribution in [2.24, 2.45) is 0 Å². The lowest BCUT2D eigenvalue weighted by Gasteiger charge is -2.05. The Morgan fingerprint density at radius 3 is 2.76 bits per heavy atom. The zero-order valence-corrected chi connectivity index (χ0v) is 11.1. The van der Waals surface area contributed by atoms with Gasteiger partial charge in [0.05, 0.1) is 30.3 Å². The van der Waals surface area contributed by atoms with Crippen molar-refractivity contribution in [2.45, 2.75) is 13.0 Å². The lowest BCUT2D eigenvalue weighted by molar-refractivity contribution is -0.120. The number of aromatic nitrogens is 2. The topological polar surface area (TPSA) is 88.0 Å². The summed E-state index contributed by atoms with van der Waals surface area (Å²) < 4.78 is 5.14. The molecule has 2 heterocycles. The number of aromatic amines is 1. The molecule has 1 amide bonds. The fourth-order valence-corrected chi connectivity index (χ4v) is 2.12. The molecule has 0 bridgehead atoms. The zero-order chi connectivity index (χ0) is 14.7. The lowest BCUT2D eigenvalue weighted by Crippen LogP contribution is -2.25. The zero-order valence-electron chi connectivity index (χ0n) is 11.1. The van der Waals surface area contributed by atoms with Crippen molar-refractivity contribution in [1.82, 2.24) is 15.5 Å². The van der Waals surface area contributed by atoms with Gasteiger partial charge in [-0.25, -0.2) is 5.10 Å². The molecular weight excluding hydrogens is 270 g/mol. The van der Waals surface area contributed by atoms with E-state index in [9.17, 15) is 9.59 Å². The van der Waals surface area contributed by atoms with Gasteiger partial charge < -0.3 is 9.73 Å². The smallest absolute Gasteiger partial charge is 0.272 e. The molecule has 0 aliphatic carbocycles. The normalized spacial score (nSPS) is 10.7. The van der Waals surface area contributed by atoms with Crippen molar-refractivity contribution in [3.63, 3.8) is 0 Å². The summed E-state index contributed by atoms with van der Waals surface area (Å²) in [5.74, 6) is 0.499. The summed E-state index contributed by atoms with van der Waals surface area (Å²) in [5, 5.41) is 10.3. The quantitative estimate of drug-likeness (QED) is 0.757. The van der Waals surface area contributed by atoms with Crippen molar-refractivity contribution in [2.75, 3.05) is 0 Å². The highest BCUT2D eigenvalue weighted by Gasteiger charge is 2.10. The van der Waals surface area contributed by atoms with Crippen molar-refractivity contribution in [3.8, 4) is 0 Å². The Labute approximate surface area is 119 Å². The first-order valence-electron chi connectivity index (χ1n) is 6.49. The van der Waals surface area contributed by atoms with E-state index in [-0.39, 0.29) is 17.9 Å². The molecule has 2 N–H and O–H groups in total. The maximum atomic E-state index is 12.0. The van der Waals surface area contributed by atoms with Gasteiger partial charge in [-0.3, -0.25) is 9.59 Å². The van der Waals surface area contributed by atoms with Crippen LogP contribution in [0.15, 0.2) is 51.9 Å². The predicted octanol–water partition coefficient (Wildman–Crippen LogP) is 1.37. The molecule has 0 aliphatic heterocycles. The minimum absolute atomic E-state index is 0.0952. The number of carbonyl (C=O) groups is 1. The summed E-state index contributed by atoms with van der Waals surface area (Å²) in [6, 6.07) is 10.6. The van der Waals surface area contributed by atoms with Gasteiger partial charge >= 0.3 is 0 Å². The van der Waals surface area contributed by atoms with Crippen molar-refractivity contribution in [1.29, 1.82) is 0 Å². The Kier molecular flexibility index (Phi) is 3.51. The van der Waals surface area contributed by atoms with Crippen LogP contribution in [0.5, 0.6) is 0 Å². The molecule has 0 saturated heterocycles. The predicted molar refractivity (Wildman–Crippen MR) is 76.6 cm³/mol. The van der Waals surface area contributed by atoms with Crippen LogP contribution < -0.4 is 10.9 Å². The maximum Gasteiger partial charge on any atom is 0.272 e. The summed E-state index contributed by atoms with van der Waals surface area (Å²) in [6.45, 7) is 0.327. The molecule has 0 atom stereocenters. The van der Waals surface area contributed by atoms with Crippen molar-refractivity contribution < 1.29 is 9.21 Å². The van der Waals surface area contributed by atoms with Gasteiger partial charge in [-0.1, -0.05) is 18.2 Å². The number of nitrogens with one attached hydrogen (secondary N) is 2. The average Bonchev–Trinajstić information content (AvgIpc) is 3.02. The number of H-pyrrole nitrogens is 1. The first-order chi connectivity index (χ1) is 10.2. The number of hydrogen-bond acceptors (Lipinski definition) is 4. The van der Waals surface area contributed by atoms with E-state index in [0.717, 1.165) is 0 Å². The highest BCUT2D eigenvalue weighted by Crippen LogP contribution is 2.12. The monoisotopic (exact) mass is 283 g/mol. The van der Waals surface area contributed by atoms with E-state index in [1.807, 2.05) is 6.07 Å². The minimum atomic E-state index is -0.259. The van der Waals surface area contributed by atoms with E-state index in [0.29, 0.717) is 28.8 Å². The highest BCUT2D eigenvalue weighted by atomic mass is 16.3. The van der Waals surface area contributed by atoms with E-state index in [4.69, 9.17) is 4.42 Å². The molecule has 0 unspecified atom stereocenters. The van der Waals surface area contributed by atoms with Crippen LogP contribution in [0.1, 0.15) is 11.5 Å². The second-order valence-electron chi connectivity index (χ2n) is 4.58. The minimum Gasteiger partial charge on any atom is -0.467 e. The largest absolute Gasteiger partial charge is 0.467 e. The summed E-state index contributed by atoms with van der Waals surface area (Å²) in [5.41, 5.74) is 0.285. The first-order valence-corrected chi connectivity index (χ1v) is 6.49. The summed E-state index contributed by atoms with van der Waals surface area (Å²) in [7, 11) is 0. The number of benzene rings is 1. The SMILES string of the molecule is O=C(Cc1n[nH]c(=O)c2ccccc12)NCc1ccco1. The highest BCUT2D eigenvalue weighted by molar-refractivity contribution is 5.88. The van der Waals surface area contributed by atoms with E-state index in [1.165, 1.54) is 0 Å². The number of furan rings is 1. The molecule has 2 aromatic heterocycles. The van der Waals surface area contributed by atoms with Gasteiger partial charge in [-0.05, 0) is 18.2 Å². The van der Waals surface area contributed by atoms with E-state index in [1.54, 1.807) is 36.6 Å². The maximum absolute atomic E-state index is 12.0. The fraction of sp³-hybridized carbons (Fsp3) is 0.133. The van der Waals surface area contributed by atoms with Crippen LogP contribution in [0.2, 0.25) is 0 Å². The molecule has 3 rings (SSSR count). The second kappa shape index (κ2) is 5.62. The molecule has 0 spiro atoms. The van der Waals surface area contributed by atoms with Crippen LogP contribution in [0.25, 0.3) is 10.8 Å². The standard InChI is InChI=1S/C15H13N3O3/c19-14(16-9-10-4-3-7-21-10)8-13-11-5-1-2-6-12(11)15(20)18-17-13/h1-7H,8-9H2,(H,16,19)(H,18,20). The van der Waals surface area contributed by atoms with Gasteiger partial charge in [0.25, 0.3) is 5.56 Å². The van der Waals surface area contributed by atoms with E-state index in [2.05, 4.69) is 15.5 Å².